The Bertz CT molecular complexity index is 552. The van der Waals surface area contributed by atoms with E-state index in [1.165, 1.54) is 5.56 Å². The third-order valence-electron chi connectivity index (χ3n) is 3.14. The maximum Gasteiger partial charge on any atom is 0.198 e. The number of aromatic amines is 1. The van der Waals surface area contributed by atoms with Gasteiger partial charge >= 0.3 is 0 Å². The highest BCUT2D eigenvalue weighted by molar-refractivity contribution is 9.10. The Kier molecular flexibility index (Phi) is 3.05. The topological polar surface area (TPSA) is 56.8 Å². The number of nitrogens with one attached hydrogen (secondary N) is 2. The van der Waals surface area contributed by atoms with E-state index in [0.29, 0.717) is 4.73 Å². The van der Waals surface area contributed by atoms with Gasteiger partial charge in [-0.05, 0) is 28.1 Å². The van der Waals surface area contributed by atoms with Crippen LogP contribution < -0.4 is 10.2 Å². The fourth-order valence-electron chi connectivity index (χ4n) is 2.22. The lowest BCUT2D eigenvalue weighted by Gasteiger charge is -2.24. The van der Waals surface area contributed by atoms with E-state index in [-0.39, 0.29) is 0 Å². The minimum absolute atomic E-state index is 0.650. The average Bonchev–Trinajstić information content (AvgIpc) is 2.90. The molecule has 3 heterocycles. The van der Waals surface area contributed by atoms with Crippen LogP contribution in [0, 0.1) is 0 Å². The molecule has 1 aliphatic rings. The van der Waals surface area contributed by atoms with Crippen molar-refractivity contribution in [2.24, 2.45) is 0 Å². The summed E-state index contributed by atoms with van der Waals surface area (Å²) >= 11 is 3.39. The van der Waals surface area contributed by atoms with Gasteiger partial charge in [0.2, 0.25) is 0 Å². The molecule has 0 radical (unpaired) electrons. The number of fused-ring (bicyclic) bond motifs is 1. The molecule has 0 atom stereocenters. The second-order valence-electron chi connectivity index (χ2n) is 4.28. The molecule has 2 aromatic heterocycles. The predicted molar refractivity (Wildman–Crippen MR) is 74.0 cm³/mol. The summed E-state index contributed by atoms with van der Waals surface area (Å²) in [4.78, 5) is 14.2. The lowest BCUT2D eigenvalue weighted by atomic mass is 10.1. The van der Waals surface area contributed by atoms with E-state index in [1.807, 2.05) is 25.4 Å². The quantitative estimate of drug-likeness (QED) is 0.833. The molecule has 0 saturated carbocycles. The van der Waals surface area contributed by atoms with Crippen LogP contribution in [-0.2, 0) is 13.0 Å². The highest BCUT2D eigenvalue weighted by Gasteiger charge is 2.20. The van der Waals surface area contributed by atoms with Gasteiger partial charge in [-0.2, -0.15) is 0 Å². The summed E-state index contributed by atoms with van der Waals surface area (Å²) in [5.41, 5.74) is 2.31. The van der Waals surface area contributed by atoms with Crippen molar-refractivity contribution < 1.29 is 0 Å². The van der Waals surface area contributed by atoms with Crippen LogP contribution in [-0.4, -0.2) is 28.5 Å². The van der Waals surface area contributed by atoms with Crippen molar-refractivity contribution in [3.63, 3.8) is 0 Å². The van der Waals surface area contributed by atoms with Crippen LogP contribution in [0.5, 0.6) is 0 Å². The second kappa shape index (κ2) is 4.70. The Morgan fingerprint density at radius 2 is 2.28 bits per heavy atom. The second-order valence-corrected chi connectivity index (χ2v) is 4.99. The fraction of sp³-hybridized carbons (Fsp3) is 0.333. The summed E-state index contributed by atoms with van der Waals surface area (Å²) in [7, 11) is 2.01. The van der Waals surface area contributed by atoms with Crippen molar-refractivity contribution >= 4 is 27.6 Å². The first-order chi connectivity index (χ1) is 8.75. The van der Waals surface area contributed by atoms with E-state index in [0.717, 1.165) is 36.8 Å². The Hall–Kier alpha value is -1.40. The standard InChI is InChI=1S/C12H14BrN5/c1-18(10-3-2-5-15-10)11-8-7-14-6-4-9(8)16-12(13)17-11/h2-3,5,14-15H,4,6-7H2,1H3. The summed E-state index contributed by atoms with van der Waals surface area (Å²) in [5, 5.41) is 3.37. The summed E-state index contributed by atoms with van der Waals surface area (Å²) in [6, 6.07) is 4.01. The van der Waals surface area contributed by atoms with Crippen LogP contribution in [0.3, 0.4) is 0 Å². The van der Waals surface area contributed by atoms with Gasteiger partial charge in [0.25, 0.3) is 0 Å². The molecule has 0 fully saturated rings. The third-order valence-corrected chi connectivity index (χ3v) is 3.50. The summed E-state index contributed by atoms with van der Waals surface area (Å²) < 4.78 is 0.650. The SMILES string of the molecule is CN(c1ccc[nH]1)c1nc(Br)nc2c1CNCC2. The maximum atomic E-state index is 4.51. The molecule has 18 heavy (non-hydrogen) atoms. The van der Waals surface area contributed by atoms with Gasteiger partial charge in [0.15, 0.2) is 4.73 Å². The molecule has 0 saturated heterocycles. The Morgan fingerprint density at radius 3 is 3.06 bits per heavy atom. The molecule has 0 aromatic carbocycles. The molecule has 3 rings (SSSR count). The van der Waals surface area contributed by atoms with Crippen LogP contribution in [0.4, 0.5) is 11.6 Å². The van der Waals surface area contributed by atoms with E-state index in [9.17, 15) is 0 Å². The van der Waals surface area contributed by atoms with Crippen LogP contribution in [0.2, 0.25) is 0 Å². The molecule has 0 amide bonds. The van der Waals surface area contributed by atoms with Crippen molar-refractivity contribution in [3.05, 3.63) is 34.3 Å². The van der Waals surface area contributed by atoms with Crippen LogP contribution in [0.1, 0.15) is 11.3 Å². The first kappa shape index (κ1) is 11.7. The average molecular weight is 308 g/mol. The monoisotopic (exact) mass is 307 g/mol. The Balaban J connectivity index is 2.08. The summed E-state index contributed by atoms with van der Waals surface area (Å²) in [6.45, 7) is 1.80. The van der Waals surface area contributed by atoms with Crippen molar-refractivity contribution in [1.29, 1.82) is 0 Å². The van der Waals surface area contributed by atoms with Crippen molar-refractivity contribution in [2.45, 2.75) is 13.0 Å². The highest BCUT2D eigenvalue weighted by atomic mass is 79.9. The molecular weight excluding hydrogens is 294 g/mol. The highest BCUT2D eigenvalue weighted by Crippen LogP contribution is 2.28. The molecule has 0 aliphatic carbocycles. The van der Waals surface area contributed by atoms with E-state index >= 15 is 0 Å². The fourth-order valence-corrected chi connectivity index (χ4v) is 2.60. The van der Waals surface area contributed by atoms with Gasteiger partial charge < -0.3 is 15.2 Å². The number of aromatic nitrogens is 3. The molecule has 2 aromatic rings. The summed E-state index contributed by atoms with van der Waals surface area (Å²) in [5.74, 6) is 1.97. The van der Waals surface area contributed by atoms with Gasteiger partial charge in [0.1, 0.15) is 11.6 Å². The molecule has 6 heteroatoms. The lowest BCUT2D eigenvalue weighted by Crippen LogP contribution is -2.28. The largest absolute Gasteiger partial charge is 0.348 e. The first-order valence-corrected chi connectivity index (χ1v) is 6.68. The Morgan fingerprint density at radius 1 is 1.39 bits per heavy atom. The minimum Gasteiger partial charge on any atom is -0.348 e. The van der Waals surface area contributed by atoms with E-state index in [2.05, 4.69) is 41.1 Å². The number of hydrogen-bond donors (Lipinski definition) is 2. The normalized spacial score (nSPS) is 14.3. The number of anilines is 2. The molecule has 1 aliphatic heterocycles. The Labute approximate surface area is 114 Å². The van der Waals surface area contributed by atoms with E-state index in [1.54, 1.807) is 0 Å². The number of halogens is 1. The molecule has 2 N–H and O–H groups in total. The zero-order valence-corrected chi connectivity index (χ0v) is 11.7. The third kappa shape index (κ3) is 2.02. The van der Waals surface area contributed by atoms with E-state index in [4.69, 9.17) is 0 Å². The van der Waals surface area contributed by atoms with E-state index < -0.39 is 0 Å². The smallest absolute Gasteiger partial charge is 0.198 e. The number of hydrogen-bond acceptors (Lipinski definition) is 4. The first-order valence-electron chi connectivity index (χ1n) is 5.89. The molecule has 94 valence electrons. The molecule has 0 spiro atoms. The number of H-pyrrole nitrogens is 1. The summed E-state index contributed by atoms with van der Waals surface area (Å²) in [6.07, 6.45) is 2.86. The predicted octanol–water partition coefficient (Wildman–Crippen LogP) is 1.98. The number of rotatable bonds is 2. The van der Waals surface area contributed by atoms with Crippen molar-refractivity contribution in [1.82, 2.24) is 20.3 Å². The zero-order valence-electron chi connectivity index (χ0n) is 10.1. The van der Waals surface area contributed by atoms with Crippen LogP contribution in [0.15, 0.2) is 23.1 Å². The minimum atomic E-state index is 0.650. The van der Waals surface area contributed by atoms with Crippen LogP contribution in [0.25, 0.3) is 0 Å². The number of nitrogens with zero attached hydrogens (tertiary/aromatic N) is 3. The zero-order chi connectivity index (χ0) is 12.5. The van der Waals surface area contributed by atoms with Gasteiger partial charge in [-0.15, -0.1) is 0 Å². The molecule has 0 unspecified atom stereocenters. The molecule has 0 bridgehead atoms. The van der Waals surface area contributed by atoms with Gasteiger partial charge in [0, 0.05) is 38.3 Å². The van der Waals surface area contributed by atoms with Crippen LogP contribution >= 0.6 is 15.9 Å². The van der Waals surface area contributed by atoms with Gasteiger partial charge in [-0.3, -0.25) is 0 Å². The molecule has 5 nitrogen and oxygen atoms in total. The van der Waals surface area contributed by atoms with Crippen molar-refractivity contribution in [2.75, 3.05) is 18.5 Å². The lowest BCUT2D eigenvalue weighted by molar-refractivity contribution is 0.623. The molecular formula is C12H14BrN5. The van der Waals surface area contributed by atoms with Crippen molar-refractivity contribution in [3.8, 4) is 0 Å². The van der Waals surface area contributed by atoms with Gasteiger partial charge in [-0.25, -0.2) is 9.97 Å². The van der Waals surface area contributed by atoms with Gasteiger partial charge in [-0.1, -0.05) is 0 Å². The maximum absolute atomic E-state index is 4.51. The van der Waals surface area contributed by atoms with Gasteiger partial charge in [0.05, 0.1) is 5.69 Å².